The Balaban J connectivity index is 1.32. The van der Waals surface area contributed by atoms with Gasteiger partial charge < -0.3 is 9.73 Å². The molecule has 2 aromatic carbocycles. The molecule has 1 N–H and O–H groups in total. The van der Waals surface area contributed by atoms with Gasteiger partial charge in [-0.05, 0) is 61.4 Å². The number of hydrogen-bond acceptors (Lipinski definition) is 6. The number of aromatic nitrogens is 1. The van der Waals surface area contributed by atoms with Gasteiger partial charge in [0.1, 0.15) is 15.8 Å². The lowest BCUT2D eigenvalue weighted by Crippen LogP contribution is -2.42. The summed E-state index contributed by atoms with van der Waals surface area (Å²) in [5.41, 5.74) is 2.82. The first-order valence-corrected chi connectivity index (χ1v) is 12.6. The van der Waals surface area contributed by atoms with Crippen LogP contribution in [0.4, 0.5) is 5.69 Å². The zero-order valence-corrected chi connectivity index (χ0v) is 19.1. The molecule has 0 bridgehead atoms. The quantitative estimate of drug-likeness (QED) is 0.427. The predicted molar refractivity (Wildman–Crippen MR) is 124 cm³/mol. The molecule has 1 aliphatic heterocycles. The summed E-state index contributed by atoms with van der Waals surface area (Å²) in [5, 5.41) is 2.83. The van der Waals surface area contributed by atoms with Crippen molar-refractivity contribution >= 4 is 55.7 Å². The van der Waals surface area contributed by atoms with Crippen molar-refractivity contribution in [3.05, 3.63) is 65.0 Å². The molecule has 1 aliphatic rings. The molecule has 0 saturated carbocycles. The van der Waals surface area contributed by atoms with Crippen molar-refractivity contribution in [2.45, 2.75) is 23.1 Å². The summed E-state index contributed by atoms with van der Waals surface area (Å²) in [6.45, 7) is 0.298. The van der Waals surface area contributed by atoms with Crippen molar-refractivity contribution in [1.82, 2.24) is 9.29 Å². The Labute approximate surface area is 193 Å². The van der Waals surface area contributed by atoms with Crippen molar-refractivity contribution in [2.75, 3.05) is 11.9 Å². The molecule has 4 aromatic rings. The first-order valence-electron chi connectivity index (χ1n) is 9.96. The van der Waals surface area contributed by atoms with Crippen LogP contribution in [0.25, 0.3) is 22.6 Å². The number of anilines is 1. The van der Waals surface area contributed by atoms with Crippen molar-refractivity contribution in [1.29, 1.82) is 0 Å². The third kappa shape index (κ3) is 3.93. The van der Waals surface area contributed by atoms with E-state index in [1.165, 1.54) is 10.4 Å². The van der Waals surface area contributed by atoms with Crippen LogP contribution in [0.15, 0.2) is 69.3 Å². The SMILES string of the molecule is O=C(Nc1ccc(-c2nc3ccccc3o2)cc1)[C@H]1CCCN1S(=O)(=O)c1ccc(Cl)s1. The molecular formula is C22H18ClN3O4S2. The molecule has 0 aliphatic carbocycles. The summed E-state index contributed by atoms with van der Waals surface area (Å²) in [5.74, 6) is 0.134. The number of carbonyl (C=O) groups excluding carboxylic acids is 1. The first kappa shape index (κ1) is 21.1. The summed E-state index contributed by atoms with van der Waals surface area (Å²) in [6.07, 6.45) is 1.08. The van der Waals surface area contributed by atoms with Crippen LogP contribution in [-0.2, 0) is 14.8 Å². The number of nitrogens with one attached hydrogen (secondary N) is 1. The molecule has 7 nitrogen and oxygen atoms in total. The van der Waals surface area contributed by atoms with Crippen LogP contribution in [0.2, 0.25) is 4.34 Å². The number of carbonyl (C=O) groups is 1. The van der Waals surface area contributed by atoms with Crippen LogP contribution < -0.4 is 5.32 Å². The second kappa shape index (κ2) is 8.32. The van der Waals surface area contributed by atoms with Gasteiger partial charge in [0.25, 0.3) is 10.0 Å². The Morgan fingerprint density at radius 3 is 2.62 bits per heavy atom. The van der Waals surface area contributed by atoms with Crippen LogP contribution in [0.1, 0.15) is 12.8 Å². The average molecular weight is 488 g/mol. The summed E-state index contributed by atoms with van der Waals surface area (Å²) >= 11 is 6.89. The Morgan fingerprint density at radius 2 is 1.91 bits per heavy atom. The van der Waals surface area contributed by atoms with E-state index in [4.69, 9.17) is 16.0 Å². The molecule has 3 heterocycles. The highest BCUT2D eigenvalue weighted by atomic mass is 35.5. The van der Waals surface area contributed by atoms with E-state index < -0.39 is 16.1 Å². The van der Waals surface area contributed by atoms with E-state index in [1.54, 1.807) is 30.3 Å². The number of oxazole rings is 1. The lowest BCUT2D eigenvalue weighted by atomic mass is 10.2. The number of hydrogen-bond donors (Lipinski definition) is 1. The summed E-state index contributed by atoms with van der Waals surface area (Å²) in [6, 6.07) is 16.9. The van der Waals surface area contributed by atoms with E-state index in [0.717, 1.165) is 22.4 Å². The van der Waals surface area contributed by atoms with Gasteiger partial charge in [-0.25, -0.2) is 13.4 Å². The molecule has 1 saturated heterocycles. The highest BCUT2D eigenvalue weighted by molar-refractivity contribution is 7.91. The number of para-hydroxylation sites is 2. The Kier molecular flexibility index (Phi) is 5.50. The van der Waals surface area contributed by atoms with Gasteiger partial charge in [-0.3, -0.25) is 4.79 Å². The van der Waals surface area contributed by atoms with E-state index in [0.29, 0.717) is 40.9 Å². The van der Waals surface area contributed by atoms with Gasteiger partial charge in [0.15, 0.2) is 5.58 Å². The van der Waals surface area contributed by atoms with Crippen LogP contribution in [0, 0.1) is 0 Å². The highest BCUT2D eigenvalue weighted by Crippen LogP contribution is 2.33. The van der Waals surface area contributed by atoms with Gasteiger partial charge in [-0.1, -0.05) is 23.7 Å². The lowest BCUT2D eigenvalue weighted by Gasteiger charge is -2.22. The number of amides is 1. The van der Waals surface area contributed by atoms with E-state index in [1.807, 2.05) is 24.3 Å². The zero-order chi connectivity index (χ0) is 22.3. The molecule has 10 heteroatoms. The van der Waals surface area contributed by atoms with Gasteiger partial charge in [0.05, 0.1) is 4.34 Å². The van der Waals surface area contributed by atoms with E-state index in [2.05, 4.69) is 10.3 Å². The molecule has 2 aromatic heterocycles. The number of halogens is 1. The average Bonchev–Trinajstić information content (AvgIpc) is 3.53. The number of sulfonamides is 1. The molecule has 0 radical (unpaired) electrons. The molecule has 5 rings (SSSR count). The van der Waals surface area contributed by atoms with E-state index in [-0.39, 0.29) is 10.1 Å². The van der Waals surface area contributed by atoms with Crippen molar-refractivity contribution in [3.63, 3.8) is 0 Å². The maximum absolute atomic E-state index is 13.0. The smallest absolute Gasteiger partial charge is 0.253 e. The molecular weight excluding hydrogens is 470 g/mol. The fourth-order valence-corrected chi connectivity index (χ4v) is 7.03. The normalized spacial score (nSPS) is 17.1. The van der Waals surface area contributed by atoms with E-state index in [9.17, 15) is 13.2 Å². The number of benzene rings is 2. The summed E-state index contributed by atoms with van der Waals surface area (Å²) in [4.78, 5) is 17.4. The fourth-order valence-electron chi connectivity index (χ4n) is 3.76. The largest absolute Gasteiger partial charge is 0.436 e. The van der Waals surface area contributed by atoms with Gasteiger partial charge in [-0.15, -0.1) is 11.3 Å². The standard InChI is InChI=1S/C22H18ClN3O4S2/c23-19-11-12-20(31-19)32(28,29)26-13-3-5-17(26)21(27)24-15-9-7-14(8-10-15)22-25-16-4-1-2-6-18(16)30-22/h1-2,4,6-12,17H,3,5,13H2,(H,24,27)/t17-/m1/s1. The minimum absolute atomic E-state index is 0.143. The van der Waals surface area contributed by atoms with Gasteiger partial charge in [0, 0.05) is 17.8 Å². The molecule has 1 fully saturated rings. The van der Waals surface area contributed by atoms with Crippen LogP contribution in [0.5, 0.6) is 0 Å². The molecule has 1 amide bonds. The monoisotopic (exact) mass is 487 g/mol. The number of thiophene rings is 1. The lowest BCUT2D eigenvalue weighted by molar-refractivity contribution is -0.119. The second-order valence-electron chi connectivity index (χ2n) is 7.39. The topological polar surface area (TPSA) is 92.5 Å². The molecule has 32 heavy (non-hydrogen) atoms. The maximum Gasteiger partial charge on any atom is 0.253 e. The van der Waals surface area contributed by atoms with Crippen molar-refractivity contribution < 1.29 is 17.6 Å². The fraction of sp³-hybridized carbons (Fsp3) is 0.182. The minimum Gasteiger partial charge on any atom is -0.436 e. The van der Waals surface area contributed by atoms with Crippen LogP contribution in [-0.4, -0.2) is 36.2 Å². The summed E-state index contributed by atoms with van der Waals surface area (Å²) in [7, 11) is -3.77. The summed E-state index contributed by atoms with van der Waals surface area (Å²) < 4.78 is 33.5. The van der Waals surface area contributed by atoms with Crippen LogP contribution in [0.3, 0.4) is 0 Å². The molecule has 1 atom stereocenters. The Morgan fingerprint density at radius 1 is 1.12 bits per heavy atom. The Bertz CT molecular complexity index is 1360. The number of nitrogens with zero attached hydrogens (tertiary/aromatic N) is 2. The van der Waals surface area contributed by atoms with Gasteiger partial charge >= 0.3 is 0 Å². The van der Waals surface area contributed by atoms with Gasteiger partial charge in [0.2, 0.25) is 11.8 Å². The maximum atomic E-state index is 13.0. The van der Waals surface area contributed by atoms with Crippen LogP contribution >= 0.6 is 22.9 Å². The van der Waals surface area contributed by atoms with Gasteiger partial charge in [-0.2, -0.15) is 4.31 Å². The molecule has 164 valence electrons. The second-order valence-corrected chi connectivity index (χ2v) is 11.2. The molecule has 0 spiro atoms. The number of fused-ring (bicyclic) bond motifs is 1. The highest BCUT2D eigenvalue weighted by Gasteiger charge is 2.40. The Hall–Kier alpha value is -2.72. The predicted octanol–water partition coefficient (Wildman–Crippen LogP) is 5.00. The number of rotatable bonds is 5. The first-order chi connectivity index (χ1) is 15.4. The third-order valence-electron chi connectivity index (χ3n) is 5.31. The minimum atomic E-state index is -3.77. The van der Waals surface area contributed by atoms with Crippen molar-refractivity contribution in [3.8, 4) is 11.5 Å². The third-order valence-corrected chi connectivity index (χ3v) is 8.92. The molecule has 0 unspecified atom stereocenters. The van der Waals surface area contributed by atoms with Crippen molar-refractivity contribution in [2.24, 2.45) is 0 Å². The zero-order valence-electron chi connectivity index (χ0n) is 16.7. The van der Waals surface area contributed by atoms with E-state index >= 15 is 0 Å².